The number of carbonyl (C=O) groups excluding carboxylic acids is 10. The number of nitrogens with zero attached hydrogens (tertiary/aromatic N) is 2. The standard InChI is InChI=1S/C31H53N5O8.C31H58N4O8/c1-10-12-14-16-22(35-28(40)43-30(3,4)5)25(37)34-24(26(38)33-23(27(39)42-9)17-15-13-11-2)18-21-19-36(20-32-21)29(41)44-31(6,7)8;1-10-12-14-18-23(35-29(40)43-31(6,7)8)26(37)33-22(19-16-17-21-32-28(39)42-30(3,4)5)25(36)34-24(27(38)41-9)20-15-13-11-2/h19-20,22-24H,10-18H2,1-9H3,(H,33,38)(H,34,37)(H,35,40);22-24H,10-21H2,1-9H3,(H,32,39)(H,33,37)(H,34,36)(H,35,40). The summed E-state index contributed by atoms with van der Waals surface area (Å²) in [5.41, 5.74) is -2.55. The molecule has 0 radical (unpaired) electrons. The van der Waals surface area contributed by atoms with Gasteiger partial charge in [-0.25, -0.2) is 38.3 Å². The lowest BCUT2D eigenvalue weighted by Crippen LogP contribution is -2.56. The molecular weight excluding hydrogens is 1130 g/mol. The molecule has 1 rings (SSSR count). The molecule has 6 unspecified atom stereocenters. The fraction of sp³-hybridized carbons (Fsp3) is 0.790. The molecule has 0 aliphatic heterocycles. The minimum atomic E-state index is -1.20. The molecule has 0 saturated heterocycles. The zero-order valence-corrected chi connectivity index (χ0v) is 55.9. The van der Waals surface area contributed by atoms with E-state index in [2.05, 4.69) is 42.2 Å². The van der Waals surface area contributed by atoms with Gasteiger partial charge in [0.05, 0.1) is 19.9 Å². The normalized spacial score (nSPS) is 13.6. The van der Waals surface area contributed by atoms with Gasteiger partial charge < -0.3 is 65.6 Å². The molecular formula is C62H111N9O16. The zero-order chi connectivity index (χ0) is 66.6. The van der Waals surface area contributed by atoms with Gasteiger partial charge >= 0.3 is 36.3 Å². The van der Waals surface area contributed by atoms with Gasteiger partial charge in [0.2, 0.25) is 23.6 Å². The first-order valence-electron chi connectivity index (χ1n) is 31.1. The summed E-state index contributed by atoms with van der Waals surface area (Å²) in [6, 6.07) is -5.84. The summed E-state index contributed by atoms with van der Waals surface area (Å²) in [5.74, 6) is -3.43. The van der Waals surface area contributed by atoms with Crippen LogP contribution in [-0.2, 0) is 63.6 Å². The van der Waals surface area contributed by atoms with Gasteiger partial charge in [0.25, 0.3) is 0 Å². The van der Waals surface area contributed by atoms with E-state index in [1.807, 2.05) is 27.7 Å². The second kappa shape index (κ2) is 41.5. The van der Waals surface area contributed by atoms with E-state index in [0.29, 0.717) is 70.0 Å². The van der Waals surface area contributed by atoms with Crippen molar-refractivity contribution in [3.8, 4) is 0 Å². The van der Waals surface area contributed by atoms with Crippen LogP contribution in [-0.4, -0.2) is 149 Å². The Morgan fingerprint density at radius 3 is 1.08 bits per heavy atom. The third kappa shape index (κ3) is 39.0. The van der Waals surface area contributed by atoms with Crippen LogP contribution in [0.15, 0.2) is 12.5 Å². The lowest BCUT2D eigenvalue weighted by atomic mass is 10.0. The van der Waals surface area contributed by atoms with Crippen LogP contribution in [0.3, 0.4) is 0 Å². The van der Waals surface area contributed by atoms with Crippen LogP contribution < -0.4 is 37.2 Å². The molecule has 0 fully saturated rings. The summed E-state index contributed by atoms with van der Waals surface area (Å²) in [6.45, 7) is 29.3. The summed E-state index contributed by atoms with van der Waals surface area (Å²) in [4.78, 5) is 133. The first-order valence-corrected chi connectivity index (χ1v) is 31.1. The van der Waals surface area contributed by atoms with Crippen LogP contribution in [0.1, 0.15) is 238 Å². The monoisotopic (exact) mass is 1240 g/mol. The zero-order valence-electron chi connectivity index (χ0n) is 55.9. The minimum Gasteiger partial charge on any atom is -0.467 e. The van der Waals surface area contributed by atoms with Gasteiger partial charge in [0.15, 0.2) is 0 Å². The van der Waals surface area contributed by atoms with Crippen molar-refractivity contribution in [3.63, 3.8) is 0 Å². The van der Waals surface area contributed by atoms with Crippen LogP contribution in [0.25, 0.3) is 0 Å². The summed E-state index contributed by atoms with van der Waals surface area (Å²) in [5, 5.41) is 18.9. The minimum absolute atomic E-state index is 0.107. The number of carbonyl (C=O) groups is 10. The average Bonchev–Trinajstić information content (AvgIpc) is 3.70. The van der Waals surface area contributed by atoms with Gasteiger partial charge in [-0.2, -0.15) is 0 Å². The van der Waals surface area contributed by atoms with E-state index in [1.54, 1.807) is 83.1 Å². The van der Waals surface area contributed by atoms with E-state index in [4.69, 9.17) is 28.4 Å². The molecule has 25 nitrogen and oxygen atoms in total. The number of alkyl carbamates (subject to hydrolysis) is 3. The number of amides is 7. The Bertz CT molecular complexity index is 2260. The quantitative estimate of drug-likeness (QED) is 0.0189. The maximum atomic E-state index is 13.6. The van der Waals surface area contributed by atoms with Crippen LogP contribution >= 0.6 is 0 Å². The average molecular weight is 1240 g/mol. The fourth-order valence-corrected chi connectivity index (χ4v) is 8.25. The highest BCUT2D eigenvalue weighted by Crippen LogP contribution is 2.16. The van der Waals surface area contributed by atoms with Crippen molar-refractivity contribution in [2.45, 2.75) is 298 Å². The molecule has 0 spiro atoms. The lowest BCUT2D eigenvalue weighted by Gasteiger charge is -2.26. The molecule has 0 aromatic carbocycles. The first-order chi connectivity index (χ1) is 40.5. The SMILES string of the molecule is CCCCCC(NC(=O)OC(C)(C)C)C(=O)NC(CCCCNC(=O)OC(C)(C)C)C(=O)NC(CCCCC)C(=O)OC.CCCCCC(NC(=O)OC(C)(C)C)C(=O)NC(Cc1cn(C(=O)OC(C)(C)C)cn1)C(=O)NC(CCCCC)C(=O)OC. The number of methoxy groups -OCH3 is 2. The van der Waals surface area contributed by atoms with Crippen molar-refractivity contribution in [2.24, 2.45) is 0 Å². The first kappa shape index (κ1) is 80.3. The number of nitrogens with one attached hydrogen (secondary N) is 7. The fourth-order valence-electron chi connectivity index (χ4n) is 8.25. The Labute approximate surface area is 518 Å². The van der Waals surface area contributed by atoms with Crippen molar-refractivity contribution < 1.29 is 76.4 Å². The number of esters is 2. The van der Waals surface area contributed by atoms with Gasteiger partial charge in [-0.05, 0) is 128 Å². The third-order valence-corrected chi connectivity index (χ3v) is 12.5. The van der Waals surface area contributed by atoms with Crippen molar-refractivity contribution in [1.82, 2.24) is 46.8 Å². The van der Waals surface area contributed by atoms with Crippen LogP contribution in [0.2, 0.25) is 0 Å². The third-order valence-electron chi connectivity index (χ3n) is 12.5. The van der Waals surface area contributed by atoms with Gasteiger partial charge in [-0.1, -0.05) is 105 Å². The van der Waals surface area contributed by atoms with Crippen molar-refractivity contribution in [1.29, 1.82) is 0 Å². The Balaban J connectivity index is 0.00000170. The topological polar surface area (TPSA) is 328 Å². The molecule has 0 saturated carbocycles. The smallest absolute Gasteiger partial charge is 0.419 e. The number of hydrogen-bond acceptors (Lipinski definition) is 17. The Hall–Kier alpha value is -6.69. The molecule has 7 amide bonds. The predicted octanol–water partition coefficient (Wildman–Crippen LogP) is 9.28. The number of rotatable bonds is 35. The number of unbranched alkanes of at least 4 members (excludes halogenated alkanes) is 9. The second-order valence-electron chi connectivity index (χ2n) is 25.6. The molecule has 0 aliphatic rings. The maximum absolute atomic E-state index is 13.6. The van der Waals surface area contributed by atoms with Gasteiger partial charge in [-0.3, -0.25) is 19.2 Å². The molecule has 1 aromatic heterocycles. The predicted molar refractivity (Wildman–Crippen MR) is 330 cm³/mol. The maximum Gasteiger partial charge on any atom is 0.419 e. The van der Waals surface area contributed by atoms with E-state index in [0.717, 1.165) is 62.4 Å². The summed E-state index contributed by atoms with van der Waals surface area (Å²) in [7, 11) is 2.51. The molecule has 500 valence electrons. The van der Waals surface area contributed by atoms with E-state index in [1.165, 1.54) is 26.7 Å². The summed E-state index contributed by atoms with van der Waals surface area (Å²) >= 11 is 0. The Kier molecular flexibility index (Phi) is 38.3. The van der Waals surface area contributed by atoms with E-state index >= 15 is 0 Å². The van der Waals surface area contributed by atoms with E-state index in [9.17, 15) is 47.9 Å². The molecule has 25 heteroatoms. The number of ether oxygens (including phenoxy) is 6. The van der Waals surface area contributed by atoms with Crippen LogP contribution in [0, 0.1) is 0 Å². The molecule has 1 aromatic rings. The summed E-state index contributed by atoms with van der Waals surface area (Å²) < 4.78 is 32.3. The molecule has 7 N–H and O–H groups in total. The number of hydrogen-bond donors (Lipinski definition) is 7. The number of aromatic nitrogens is 2. The van der Waals surface area contributed by atoms with Crippen LogP contribution in [0.4, 0.5) is 19.2 Å². The second-order valence-corrected chi connectivity index (χ2v) is 25.6. The molecule has 1 heterocycles. The lowest BCUT2D eigenvalue weighted by molar-refractivity contribution is -0.146. The highest BCUT2D eigenvalue weighted by Gasteiger charge is 2.34. The molecule has 6 atom stereocenters. The molecule has 0 bridgehead atoms. The Morgan fingerprint density at radius 2 is 0.724 bits per heavy atom. The van der Waals surface area contributed by atoms with Gasteiger partial charge in [-0.15, -0.1) is 0 Å². The highest BCUT2D eigenvalue weighted by molar-refractivity contribution is 5.94. The molecule has 87 heavy (non-hydrogen) atoms. The molecule has 0 aliphatic carbocycles. The van der Waals surface area contributed by atoms with Gasteiger partial charge in [0, 0.05) is 19.2 Å². The summed E-state index contributed by atoms with van der Waals surface area (Å²) in [6.07, 6.45) is 12.5. The van der Waals surface area contributed by atoms with Gasteiger partial charge in [0.1, 0.15) is 65.0 Å². The van der Waals surface area contributed by atoms with Crippen molar-refractivity contribution >= 4 is 59.9 Å². The highest BCUT2D eigenvalue weighted by atomic mass is 16.6. The number of imidazole rings is 1. The van der Waals surface area contributed by atoms with Crippen LogP contribution in [0.5, 0.6) is 0 Å². The van der Waals surface area contributed by atoms with Crippen molar-refractivity contribution in [2.75, 3.05) is 20.8 Å². The van der Waals surface area contributed by atoms with E-state index < -0.39 is 119 Å². The van der Waals surface area contributed by atoms with E-state index in [-0.39, 0.29) is 12.8 Å². The Morgan fingerprint density at radius 1 is 0.414 bits per heavy atom. The van der Waals surface area contributed by atoms with Crippen molar-refractivity contribution in [3.05, 3.63) is 18.2 Å². The largest absolute Gasteiger partial charge is 0.467 e.